The summed E-state index contributed by atoms with van der Waals surface area (Å²) in [5.41, 5.74) is 0. The van der Waals surface area contributed by atoms with Gasteiger partial charge in [-0.25, -0.2) is 0 Å². The van der Waals surface area contributed by atoms with Crippen molar-refractivity contribution in [2.24, 2.45) is 29.6 Å². The van der Waals surface area contributed by atoms with E-state index in [9.17, 15) is 0 Å². The van der Waals surface area contributed by atoms with Gasteiger partial charge in [0, 0.05) is 18.4 Å². The molecule has 0 aromatic rings. The SMILES string of the molecule is CCCCOC1CCC(C#CC2CCC(C3CCC(CCC)CC3)CC2)CC1. The lowest BCUT2D eigenvalue weighted by molar-refractivity contribution is 0.0216. The maximum absolute atomic E-state index is 6.01. The predicted molar refractivity (Wildman–Crippen MR) is 120 cm³/mol. The first-order chi connectivity index (χ1) is 13.8. The van der Waals surface area contributed by atoms with Crippen molar-refractivity contribution in [1.29, 1.82) is 0 Å². The number of unbranched alkanes of at least 4 members (excludes halogenated alkanes) is 1. The first-order valence-corrected chi connectivity index (χ1v) is 12.9. The summed E-state index contributed by atoms with van der Waals surface area (Å²) in [7, 11) is 0. The van der Waals surface area contributed by atoms with Crippen LogP contribution in [-0.4, -0.2) is 12.7 Å². The van der Waals surface area contributed by atoms with Crippen LogP contribution in [0.25, 0.3) is 0 Å². The molecule has 3 saturated carbocycles. The number of rotatable bonds is 7. The number of ether oxygens (including phenoxy) is 1. The Morgan fingerprint density at radius 1 is 0.643 bits per heavy atom. The lowest BCUT2D eigenvalue weighted by Crippen LogP contribution is -2.25. The van der Waals surface area contributed by atoms with Crippen molar-refractivity contribution >= 4 is 0 Å². The molecular formula is C27H46O. The Bertz CT molecular complexity index is 462. The van der Waals surface area contributed by atoms with E-state index >= 15 is 0 Å². The van der Waals surface area contributed by atoms with E-state index in [2.05, 4.69) is 25.7 Å². The van der Waals surface area contributed by atoms with Gasteiger partial charge in [-0.3, -0.25) is 0 Å². The Labute approximate surface area is 175 Å². The summed E-state index contributed by atoms with van der Waals surface area (Å²) in [4.78, 5) is 0. The lowest BCUT2D eigenvalue weighted by Gasteiger charge is -2.37. The molecule has 160 valence electrons. The van der Waals surface area contributed by atoms with E-state index in [1.165, 1.54) is 103 Å². The predicted octanol–water partition coefficient (Wildman–Crippen LogP) is 7.78. The van der Waals surface area contributed by atoms with Crippen LogP contribution in [0.5, 0.6) is 0 Å². The molecule has 0 aromatic heterocycles. The van der Waals surface area contributed by atoms with Gasteiger partial charge in [0.25, 0.3) is 0 Å². The zero-order valence-corrected chi connectivity index (χ0v) is 18.9. The van der Waals surface area contributed by atoms with E-state index in [0.717, 1.165) is 24.4 Å². The third-order valence-corrected chi connectivity index (χ3v) is 8.04. The van der Waals surface area contributed by atoms with Crippen molar-refractivity contribution in [1.82, 2.24) is 0 Å². The van der Waals surface area contributed by atoms with Gasteiger partial charge in [0.2, 0.25) is 0 Å². The van der Waals surface area contributed by atoms with Crippen molar-refractivity contribution in [2.75, 3.05) is 6.61 Å². The molecule has 0 bridgehead atoms. The van der Waals surface area contributed by atoms with Crippen LogP contribution in [0, 0.1) is 41.4 Å². The third-order valence-electron chi connectivity index (χ3n) is 8.04. The Kier molecular flexibility index (Phi) is 9.73. The van der Waals surface area contributed by atoms with Gasteiger partial charge < -0.3 is 4.74 Å². The largest absolute Gasteiger partial charge is 0.378 e. The second kappa shape index (κ2) is 12.3. The summed E-state index contributed by atoms with van der Waals surface area (Å²) >= 11 is 0. The number of hydrogen-bond acceptors (Lipinski definition) is 1. The third kappa shape index (κ3) is 7.09. The molecule has 0 N–H and O–H groups in total. The van der Waals surface area contributed by atoms with Gasteiger partial charge in [-0.15, -0.1) is 0 Å². The molecule has 0 aliphatic heterocycles. The van der Waals surface area contributed by atoms with Crippen LogP contribution in [0.4, 0.5) is 0 Å². The van der Waals surface area contributed by atoms with Crippen LogP contribution in [0.3, 0.4) is 0 Å². The molecule has 0 radical (unpaired) electrons. The molecule has 0 unspecified atom stereocenters. The maximum Gasteiger partial charge on any atom is 0.0576 e. The summed E-state index contributed by atoms with van der Waals surface area (Å²) in [6.07, 6.45) is 22.6. The molecule has 0 saturated heterocycles. The van der Waals surface area contributed by atoms with Crippen molar-refractivity contribution in [3.8, 4) is 11.8 Å². The fourth-order valence-electron chi connectivity index (χ4n) is 6.10. The number of hydrogen-bond donors (Lipinski definition) is 0. The van der Waals surface area contributed by atoms with Gasteiger partial charge in [0.1, 0.15) is 0 Å². The molecule has 1 nitrogen and oxygen atoms in total. The second-order valence-electron chi connectivity index (χ2n) is 10.2. The van der Waals surface area contributed by atoms with E-state index in [1.54, 1.807) is 0 Å². The smallest absolute Gasteiger partial charge is 0.0576 e. The average molecular weight is 387 g/mol. The molecule has 28 heavy (non-hydrogen) atoms. The topological polar surface area (TPSA) is 9.23 Å². The Morgan fingerprint density at radius 2 is 1.18 bits per heavy atom. The lowest BCUT2D eigenvalue weighted by atomic mass is 9.69. The first kappa shape index (κ1) is 22.2. The second-order valence-corrected chi connectivity index (χ2v) is 10.2. The molecular weight excluding hydrogens is 340 g/mol. The highest BCUT2D eigenvalue weighted by molar-refractivity contribution is 5.09. The van der Waals surface area contributed by atoms with Gasteiger partial charge in [0.05, 0.1) is 6.10 Å². The van der Waals surface area contributed by atoms with Crippen LogP contribution in [-0.2, 0) is 4.74 Å². The van der Waals surface area contributed by atoms with Gasteiger partial charge in [0.15, 0.2) is 0 Å². The zero-order valence-electron chi connectivity index (χ0n) is 18.9. The highest BCUT2D eigenvalue weighted by atomic mass is 16.5. The van der Waals surface area contributed by atoms with Gasteiger partial charge in [-0.1, -0.05) is 57.8 Å². The monoisotopic (exact) mass is 386 g/mol. The molecule has 3 aliphatic rings. The summed E-state index contributed by atoms with van der Waals surface area (Å²) in [5, 5.41) is 0. The molecule has 1 heteroatoms. The molecule has 3 aliphatic carbocycles. The molecule has 3 rings (SSSR count). The fraction of sp³-hybridized carbons (Fsp3) is 0.926. The Balaban J connectivity index is 1.31. The van der Waals surface area contributed by atoms with Crippen molar-refractivity contribution in [3.05, 3.63) is 0 Å². The molecule has 0 aromatic carbocycles. The van der Waals surface area contributed by atoms with Crippen molar-refractivity contribution in [2.45, 2.75) is 123 Å². The van der Waals surface area contributed by atoms with Crippen LogP contribution in [0.1, 0.15) is 117 Å². The van der Waals surface area contributed by atoms with E-state index in [-0.39, 0.29) is 0 Å². The van der Waals surface area contributed by atoms with Crippen molar-refractivity contribution in [3.63, 3.8) is 0 Å². The van der Waals surface area contributed by atoms with E-state index in [4.69, 9.17) is 4.74 Å². The zero-order chi connectivity index (χ0) is 19.6. The van der Waals surface area contributed by atoms with Crippen LogP contribution in [0.15, 0.2) is 0 Å². The van der Waals surface area contributed by atoms with Crippen LogP contribution in [0.2, 0.25) is 0 Å². The highest BCUT2D eigenvalue weighted by Gasteiger charge is 2.30. The molecule has 0 amide bonds. The standard InChI is InChI=1S/C27H46O/c1-3-5-21-28-27-19-13-24(14-20-27)8-7-23-11-17-26(18-12-23)25-15-9-22(6-4-2)10-16-25/h22-27H,3-6,9-21H2,1-2H3. The average Bonchev–Trinajstić information content (AvgIpc) is 2.75. The highest BCUT2D eigenvalue weighted by Crippen LogP contribution is 2.42. The molecule has 3 fully saturated rings. The van der Waals surface area contributed by atoms with Crippen LogP contribution >= 0.6 is 0 Å². The summed E-state index contributed by atoms with van der Waals surface area (Å²) in [6.45, 7) is 5.55. The molecule has 0 heterocycles. The van der Waals surface area contributed by atoms with Crippen LogP contribution < -0.4 is 0 Å². The van der Waals surface area contributed by atoms with E-state index < -0.39 is 0 Å². The van der Waals surface area contributed by atoms with E-state index in [1.807, 2.05) is 0 Å². The maximum atomic E-state index is 6.01. The Hall–Kier alpha value is -0.480. The first-order valence-electron chi connectivity index (χ1n) is 12.9. The quantitative estimate of drug-likeness (QED) is 0.320. The Morgan fingerprint density at radius 3 is 1.71 bits per heavy atom. The van der Waals surface area contributed by atoms with Gasteiger partial charge in [-0.2, -0.15) is 0 Å². The van der Waals surface area contributed by atoms with Gasteiger partial charge >= 0.3 is 0 Å². The summed E-state index contributed by atoms with van der Waals surface area (Å²) in [6, 6.07) is 0. The molecule has 0 spiro atoms. The van der Waals surface area contributed by atoms with Crippen molar-refractivity contribution < 1.29 is 4.74 Å². The van der Waals surface area contributed by atoms with Gasteiger partial charge in [-0.05, 0) is 88.4 Å². The minimum atomic E-state index is 0.521. The fourth-order valence-corrected chi connectivity index (χ4v) is 6.10. The summed E-state index contributed by atoms with van der Waals surface area (Å²) in [5.74, 6) is 11.9. The van der Waals surface area contributed by atoms with E-state index in [0.29, 0.717) is 17.9 Å². The normalized spacial score (nSPS) is 36.5. The minimum absolute atomic E-state index is 0.521. The summed E-state index contributed by atoms with van der Waals surface area (Å²) < 4.78 is 6.01. The minimum Gasteiger partial charge on any atom is -0.378 e. The molecule has 0 atom stereocenters.